The number of nitrogens with zero attached hydrogens (tertiary/aromatic N) is 3. The molecule has 1 saturated heterocycles. The third kappa shape index (κ3) is 5.97. The minimum Gasteiger partial charge on any atom is -0.486 e. The Kier molecular flexibility index (Phi) is 8.43. The van der Waals surface area contributed by atoms with E-state index in [0.717, 1.165) is 54.2 Å². The number of benzene rings is 3. The zero-order chi connectivity index (χ0) is 32.7. The van der Waals surface area contributed by atoms with Crippen LogP contribution in [0.4, 0.5) is 4.39 Å². The summed E-state index contributed by atoms with van der Waals surface area (Å²) in [5.41, 5.74) is 5.00. The van der Waals surface area contributed by atoms with Gasteiger partial charge in [0.2, 0.25) is 0 Å². The Morgan fingerprint density at radius 3 is 2.64 bits per heavy atom. The van der Waals surface area contributed by atoms with Gasteiger partial charge in [-0.1, -0.05) is 18.1 Å². The molecule has 5 aromatic rings. The minimum absolute atomic E-state index is 0.0446. The van der Waals surface area contributed by atoms with Crippen LogP contribution in [-0.2, 0) is 16.1 Å². The van der Waals surface area contributed by atoms with E-state index in [9.17, 15) is 4.79 Å². The van der Waals surface area contributed by atoms with Gasteiger partial charge in [0.05, 0.1) is 23.2 Å². The number of terminal acetylenes is 1. The number of aromatic amines is 1. The summed E-state index contributed by atoms with van der Waals surface area (Å²) in [6, 6.07) is 11.0. The lowest BCUT2D eigenvalue weighted by Gasteiger charge is -2.24. The first-order chi connectivity index (χ1) is 22.9. The number of fused-ring (bicyclic) bond motifs is 2. The monoisotopic (exact) mass is 636 g/mol. The van der Waals surface area contributed by atoms with Crippen LogP contribution in [-0.4, -0.2) is 46.2 Å². The average molecular weight is 637 g/mol. The number of aromatic nitrogens is 4. The fourth-order valence-electron chi connectivity index (χ4n) is 6.27. The van der Waals surface area contributed by atoms with Crippen LogP contribution in [0.2, 0.25) is 0 Å². The van der Waals surface area contributed by atoms with E-state index in [0.29, 0.717) is 45.5 Å². The number of ether oxygens (including phenoxy) is 4. The van der Waals surface area contributed by atoms with Crippen molar-refractivity contribution in [3.05, 3.63) is 81.0 Å². The SMILES string of the molecule is C#Cc1ccc(COc2c(-c3c(C)c(F)cc4c3cnn4C3CCCCO3)c(C3CC3)cc3c(=O)[nH]c(OC[C@H](C)OC)nc23)cc1. The second-order valence-corrected chi connectivity index (χ2v) is 12.4. The second kappa shape index (κ2) is 12.8. The fraction of sp³-hybridized carbons (Fsp3) is 0.378. The molecule has 0 spiro atoms. The molecule has 1 aliphatic heterocycles. The third-order valence-corrected chi connectivity index (χ3v) is 9.12. The van der Waals surface area contributed by atoms with Crippen LogP contribution in [0, 0.1) is 25.1 Å². The van der Waals surface area contributed by atoms with E-state index in [1.54, 1.807) is 24.9 Å². The Labute approximate surface area is 272 Å². The molecule has 2 fully saturated rings. The smallest absolute Gasteiger partial charge is 0.297 e. The molecule has 3 aromatic carbocycles. The highest BCUT2D eigenvalue weighted by Gasteiger charge is 2.33. The van der Waals surface area contributed by atoms with Crippen LogP contribution in [0.5, 0.6) is 11.8 Å². The van der Waals surface area contributed by atoms with Crippen LogP contribution in [0.25, 0.3) is 32.9 Å². The van der Waals surface area contributed by atoms with Crippen molar-refractivity contribution in [2.75, 3.05) is 20.3 Å². The molecule has 7 rings (SSSR count). The van der Waals surface area contributed by atoms with E-state index in [2.05, 4.69) is 10.9 Å². The molecule has 0 bridgehead atoms. The van der Waals surface area contributed by atoms with E-state index in [-0.39, 0.29) is 48.9 Å². The van der Waals surface area contributed by atoms with Gasteiger partial charge in [-0.3, -0.25) is 9.78 Å². The number of H-pyrrole nitrogens is 1. The quantitative estimate of drug-likeness (QED) is 0.166. The van der Waals surface area contributed by atoms with Crippen molar-refractivity contribution < 1.29 is 23.3 Å². The lowest BCUT2D eigenvalue weighted by atomic mass is 9.89. The van der Waals surface area contributed by atoms with Crippen molar-refractivity contribution in [2.24, 2.45) is 0 Å². The van der Waals surface area contributed by atoms with Gasteiger partial charge >= 0.3 is 0 Å². The fourth-order valence-corrected chi connectivity index (χ4v) is 6.27. The van der Waals surface area contributed by atoms with E-state index in [1.807, 2.05) is 37.3 Å². The van der Waals surface area contributed by atoms with Gasteiger partial charge in [0.1, 0.15) is 24.5 Å². The number of nitrogens with one attached hydrogen (secondary N) is 1. The first kappa shape index (κ1) is 30.9. The zero-order valence-corrected chi connectivity index (χ0v) is 26.8. The zero-order valence-electron chi connectivity index (χ0n) is 26.8. The molecule has 1 saturated carbocycles. The molecule has 2 atom stereocenters. The maximum atomic E-state index is 16.0. The van der Waals surface area contributed by atoms with Gasteiger partial charge in [-0.25, -0.2) is 9.07 Å². The molecule has 0 amide bonds. The summed E-state index contributed by atoms with van der Waals surface area (Å²) in [5.74, 6) is 2.84. The highest BCUT2D eigenvalue weighted by Crippen LogP contribution is 2.52. The van der Waals surface area contributed by atoms with Crippen molar-refractivity contribution in [1.29, 1.82) is 0 Å². The molecule has 1 unspecified atom stereocenters. The number of rotatable bonds is 10. The van der Waals surface area contributed by atoms with Gasteiger partial charge in [0.25, 0.3) is 11.6 Å². The van der Waals surface area contributed by atoms with Gasteiger partial charge in [0, 0.05) is 41.9 Å². The summed E-state index contributed by atoms with van der Waals surface area (Å²) < 4.78 is 41.7. The number of methoxy groups -OCH3 is 1. The number of hydrogen-bond acceptors (Lipinski definition) is 7. The van der Waals surface area contributed by atoms with E-state index >= 15 is 4.39 Å². The maximum Gasteiger partial charge on any atom is 0.297 e. The molecule has 242 valence electrons. The van der Waals surface area contributed by atoms with Gasteiger partial charge in [-0.15, -0.1) is 6.42 Å². The van der Waals surface area contributed by atoms with Gasteiger partial charge in [-0.2, -0.15) is 10.1 Å². The molecule has 2 aliphatic rings. The van der Waals surface area contributed by atoms with Crippen molar-refractivity contribution in [1.82, 2.24) is 19.7 Å². The Hall–Kier alpha value is -4.72. The van der Waals surface area contributed by atoms with E-state index in [1.165, 1.54) is 6.07 Å². The molecule has 1 aliphatic carbocycles. The predicted molar refractivity (Wildman–Crippen MR) is 177 cm³/mol. The van der Waals surface area contributed by atoms with Crippen LogP contribution in [0.3, 0.4) is 0 Å². The summed E-state index contributed by atoms with van der Waals surface area (Å²) in [6.45, 7) is 4.61. The molecule has 2 aromatic heterocycles. The highest BCUT2D eigenvalue weighted by atomic mass is 19.1. The number of hydrogen-bond donors (Lipinski definition) is 1. The number of halogens is 1. The first-order valence-corrected chi connectivity index (χ1v) is 16.1. The second-order valence-electron chi connectivity index (χ2n) is 12.4. The topological polar surface area (TPSA) is 100 Å². The summed E-state index contributed by atoms with van der Waals surface area (Å²) in [7, 11) is 1.59. The third-order valence-electron chi connectivity index (χ3n) is 9.12. The molecular weight excluding hydrogens is 599 g/mol. The molecule has 3 heterocycles. The van der Waals surface area contributed by atoms with Gasteiger partial charge < -0.3 is 18.9 Å². The van der Waals surface area contributed by atoms with Gasteiger partial charge in [-0.05, 0) is 86.8 Å². The summed E-state index contributed by atoms with van der Waals surface area (Å²) >= 11 is 0. The molecule has 47 heavy (non-hydrogen) atoms. The van der Waals surface area contributed by atoms with Crippen molar-refractivity contribution in [3.63, 3.8) is 0 Å². The molecule has 9 nitrogen and oxygen atoms in total. The Morgan fingerprint density at radius 2 is 1.94 bits per heavy atom. The van der Waals surface area contributed by atoms with E-state index < -0.39 is 0 Å². The molecule has 1 N–H and O–H groups in total. The Balaban J connectivity index is 1.47. The van der Waals surface area contributed by atoms with Crippen LogP contribution < -0.4 is 15.0 Å². The Bertz CT molecular complexity index is 2050. The lowest BCUT2D eigenvalue weighted by molar-refractivity contribution is -0.0366. The van der Waals surface area contributed by atoms with E-state index in [4.69, 9.17) is 35.5 Å². The predicted octanol–water partition coefficient (Wildman–Crippen LogP) is 6.94. The van der Waals surface area contributed by atoms with Gasteiger partial charge in [0.15, 0.2) is 12.0 Å². The normalized spacial score (nSPS) is 17.1. The van der Waals surface area contributed by atoms with Crippen molar-refractivity contribution in [2.45, 2.75) is 70.8 Å². The lowest BCUT2D eigenvalue weighted by Crippen LogP contribution is -2.19. The first-order valence-electron chi connectivity index (χ1n) is 16.1. The minimum atomic E-state index is -0.362. The van der Waals surface area contributed by atoms with Crippen molar-refractivity contribution >= 4 is 21.8 Å². The molecule has 0 radical (unpaired) electrons. The van der Waals surface area contributed by atoms with Crippen LogP contribution >= 0.6 is 0 Å². The maximum absolute atomic E-state index is 16.0. The summed E-state index contributed by atoms with van der Waals surface area (Å²) in [6.07, 6.45) is 11.6. The average Bonchev–Trinajstić information content (AvgIpc) is 3.86. The van der Waals surface area contributed by atoms with Crippen LogP contribution in [0.15, 0.2) is 47.4 Å². The standard InChI is InChI=1S/C37H37FN4O5/c1-5-23-9-11-24(12-10-23)20-46-35-33(32-22(3)29(38)17-30-28(32)18-39-42(30)31-8-6-7-15-45-31)26(25-13-14-25)16-27-34(35)40-37(41-36(27)43)47-19-21(2)44-4/h1,9-12,16-18,21,25,31H,6-8,13-15,19-20H2,2-4H3,(H,40,41,43)/t21-,31?/m0/s1. The van der Waals surface area contributed by atoms with Crippen LogP contribution in [0.1, 0.15) is 73.4 Å². The Morgan fingerprint density at radius 1 is 1.13 bits per heavy atom. The summed E-state index contributed by atoms with van der Waals surface area (Å²) in [4.78, 5) is 21.2. The van der Waals surface area contributed by atoms with Crippen molar-refractivity contribution in [3.8, 4) is 35.2 Å². The largest absolute Gasteiger partial charge is 0.486 e. The molecule has 10 heteroatoms. The molecular formula is C37H37FN4O5. The summed E-state index contributed by atoms with van der Waals surface area (Å²) in [5, 5.41) is 5.87. The highest BCUT2D eigenvalue weighted by molar-refractivity contribution is 6.04.